The van der Waals surface area contributed by atoms with Gasteiger partial charge in [0.2, 0.25) is 0 Å². The van der Waals surface area contributed by atoms with Gasteiger partial charge in [0.15, 0.2) is 8.68 Å². The zero-order valence-corrected chi connectivity index (χ0v) is 19.1. The van der Waals surface area contributed by atoms with E-state index in [1.807, 2.05) is 19.1 Å². The standard InChI is InChI=1S/C22H19N5OS3/c1-15(16-9-11-23-12-10-16)24-25-20(28)14-30-22-27-26-21(31-22)29-13-18-7-4-6-17-5-2-3-8-19(17)18/h2-12H,13-14H2,1H3,(H,25,28)/b24-15-. The molecule has 0 saturated carbocycles. The van der Waals surface area contributed by atoms with Gasteiger partial charge in [-0.3, -0.25) is 9.78 Å². The third-order valence-electron chi connectivity index (χ3n) is 4.39. The van der Waals surface area contributed by atoms with Gasteiger partial charge in [0.05, 0.1) is 11.5 Å². The van der Waals surface area contributed by atoms with Crippen LogP contribution in [0.25, 0.3) is 10.8 Å². The predicted octanol–water partition coefficient (Wildman–Crippen LogP) is 5.01. The minimum Gasteiger partial charge on any atom is -0.272 e. The molecule has 2 aromatic heterocycles. The summed E-state index contributed by atoms with van der Waals surface area (Å²) in [5, 5.41) is 15.1. The van der Waals surface area contributed by atoms with Gasteiger partial charge in [-0.2, -0.15) is 5.10 Å². The fourth-order valence-electron chi connectivity index (χ4n) is 2.84. The van der Waals surface area contributed by atoms with Crippen molar-refractivity contribution < 1.29 is 4.79 Å². The molecule has 0 radical (unpaired) electrons. The molecule has 0 fully saturated rings. The maximum atomic E-state index is 12.1. The number of hydrogen-bond donors (Lipinski definition) is 1. The lowest BCUT2D eigenvalue weighted by molar-refractivity contribution is -0.118. The molecule has 0 unspecified atom stereocenters. The number of carbonyl (C=O) groups excluding carboxylic acids is 1. The van der Waals surface area contributed by atoms with Gasteiger partial charge < -0.3 is 0 Å². The van der Waals surface area contributed by atoms with E-state index in [1.165, 1.54) is 39.4 Å². The molecule has 0 atom stereocenters. The topological polar surface area (TPSA) is 80.1 Å². The van der Waals surface area contributed by atoms with Crippen LogP contribution in [0.15, 0.2) is 80.8 Å². The summed E-state index contributed by atoms with van der Waals surface area (Å²) in [4.78, 5) is 16.1. The molecule has 1 N–H and O–H groups in total. The third-order valence-corrected chi connectivity index (χ3v) is 7.63. The Hall–Kier alpha value is -2.75. The van der Waals surface area contributed by atoms with Crippen LogP contribution >= 0.6 is 34.9 Å². The molecule has 6 nitrogen and oxygen atoms in total. The molecule has 0 aliphatic heterocycles. The van der Waals surface area contributed by atoms with E-state index < -0.39 is 0 Å². The first-order valence-electron chi connectivity index (χ1n) is 9.48. The van der Waals surface area contributed by atoms with Crippen molar-refractivity contribution in [2.75, 3.05) is 5.75 Å². The van der Waals surface area contributed by atoms with Crippen LogP contribution < -0.4 is 5.43 Å². The van der Waals surface area contributed by atoms with Crippen molar-refractivity contribution in [3.05, 3.63) is 78.1 Å². The monoisotopic (exact) mass is 465 g/mol. The van der Waals surface area contributed by atoms with Crippen LogP contribution in [0.2, 0.25) is 0 Å². The van der Waals surface area contributed by atoms with Gasteiger partial charge >= 0.3 is 0 Å². The van der Waals surface area contributed by atoms with Crippen molar-refractivity contribution in [3.8, 4) is 0 Å². The average Bonchev–Trinajstić information content (AvgIpc) is 3.28. The molecule has 4 rings (SSSR count). The van der Waals surface area contributed by atoms with E-state index in [4.69, 9.17) is 0 Å². The Labute approximate surface area is 192 Å². The lowest BCUT2D eigenvalue weighted by atomic mass is 10.1. The van der Waals surface area contributed by atoms with E-state index in [9.17, 15) is 4.79 Å². The Balaban J connectivity index is 1.27. The first kappa shape index (κ1) is 21.5. The van der Waals surface area contributed by atoms with Gasteiger partial charge in [-0.1, -0.05) is 77.3 Å². The second-order valence-corrected chi connectivity index (χ2v) is 9.94. The maximum Gasteiger partial charge on any atom is 0.250 e. The van der Waals surface area contributed by atoms with Gasteiger partial charge in [0.1, 0.15) is 0 Å². The highest BCUT2D eigenvalue weighted by Crippen LogP contribution is 2.32. The first-order valence-corrected chi connectivity index (χ1v) is 12.3. The Kier molecular flexibility index (Phi) is 7.29. The van der Waals surface area contributed by atoms with Crippen LogP contribution in [0.1, 0.15) is 18.1 Å². The zero-order chi connectivity index (χ0) is 21.5. The summed E-state index contributed by atoms with van der Waals surface area (Å²) in [6, 6.07) is 18.4. The molecule has 0 aliphatic carbocycles. The van der Waals surface area contributed by atoms with E-state index in [0.29, 0.717) is 0 Å². The lowest BCUT2D eigenvalue weighted by Gasteiger charge is -2.04. The number of pyridine rings is 1. The molecule has 0 spiro atoms. The maximum absolute atomic E-state index is 12.1. The zero-order valence-electron chi connectivity index (χ0n) is 16.7. The van der Waals surface area contributed by atoms with E-state index in [-0.39, 0.29) is 11.7 Å². The second-order valence-electron chi connectivity index (χ2n) is 6.52. The van der Waals surface area contributed by atoms with Crippen molar-refractivity contribution in [1.29, 1.82) is 0 Å². The number of amides is 1. The van der Waals surface area contributed by atoms with Gasteiger partial charge in [-0.05, 0) is 35.4 Å². The Bertz CT molecular complexity index is 1200. The number of nitrogens with one attached hydrogen (secondary N) is 1. The van der Waals surface area contributed by atoms with Crippen molar-refractivity contribution in [2.24, 2.45) is 5.10 Å². The van der Waals surface area contributed by atoms with E-state index in [2.05, 4.69) is 68.2 Å². The smallest absolute Gasteiger partial charge is 0.250 e. The SMILES string of the molecule is C/C(=N/NC(=O)CSc1nnc(SCc2cccc3ccccc23)s1)c1ccncc1. The number of nitrogens with zero attached hydrogens (tertiary/aromatic N) is 4. The van der Waals surface area contributed by atoms with Crippen molar-refractivity contribution >= 4 is 57.3 Å². The van der Waals surface area contributed by atoms with Crippen molar-refractivity contribution in [2.45, 2.75) is 21.4 Å². The van der Waals surface area contributed by atoms with Gasteiger partial charge in [-0.25, -0.2) is 5.43 Å². The second kappa shape index (κ2) is 10.5. The quantitative estimate of drug-likeness (QED) is 0.224. The normalized spacial score (nSPS) is 11.6. The number of carbonyl (C=O) groups is 1. The highest BCUT2D eigenvalue weighted by atomic mass is 32.2. The third kappa shape index (κ3) is 5.90. The van der Waals surface area contributed by atoms with E-state index >= 15 is 0 Å². The average molecular weight is 466 g/mol. The van der Waals surface area contributed by atoms with Gasteiger partial charge in [0, 0.05) is 23.7 Å². The summed E-state index contributed by atoms with van der Waals surface area (Å²) in [6.45, 7) is 1.84. The molecule has 4 aromatic rings. The van der Waals surface area contributed by atoms with Crippen molar-refractivity contribution in [3.63, 3.8) is 0 Å². The molecular formula is C22H19N5OS3. The van der Waals surface area contributed by atoms with Crippen LogP contribution in [0.4, 0.5) is 0 Å². The molecule has 1 amide bonds. The number of fused-ring (bicyclic) bond motifs is 1. The Morgan fingerprint density at radius 2 is 1.74 bits per heavy atom. The molecule has 0 aliphatic rings. The summed E-state index contributed by atoms with van der Waals surface area (Å²) in [5.41, 5.74) is 5.50. The van der Waals surface area contributed by atoms with Crippen LogP contribution in [0.3, 0.4) is 0 Å². The number of hydrogen-bond acceptors (Lipinski definition) is 8. The fraction of sp³-hybridized carbons (Fsp3) is 0.136. The van der Waals surface area contributed by atoms with Crippen LogP contribution in [-0.2, 0) is 10.5 Å². The highest BCUT2D eigenvalue weighted by Gasteiger charge is 2.10. The first-order chi connectivity index (χ1) is 15.2. The molecule has 0 bridgehead atoms. The molecule has 2 aromatic carbocycles. The number of rotatable bonds is 8. The minimum atomic E-state index is -0.182. The highest BCUT2D eigenvalue weighted by molar-refractivity contribution is 8.03. The van der Waals surface area contributed by atoms with Crippen LogP contribution in [0.5, 0.6) is 0 Å². The summed E-state index contributed by atoms with van der Waals surface area (Å²) in [7, 11) is 0. The Morgan fingerprint density at radius 1 is 1.00 bits per heavy atom. The molecule has 2 heterocycles. The molecule has 156 valence electrons. The summed E-state index contributed by atoms with van der Waals surface area (Å²) < 4.78 is 1.66. The summed E-state index contributed by atoms with van der Waals surface area (Å²) in [5.74, 6) is 0.874. The number of aromatic nitrogens is 3. The Morgan fingerprint density at radius 3 is 2.58 bits per heavy atom. The fourth-order valence-corrected chi connectivity index (χ4v) is 5.65. The van der Waals surface area contributed by atoms with Gasteiger partial charge in [0.25, 0.3) is 5.91 Å². The molecular weight excluding hydrogens is 446 g/mol. The summed E-state index contributed by atoms with van der Waals surface area (Å²) >= 11 is 4.52. The lowest BCUT2D eigenvalue weighted by Crippen LogP contribution is -2.21. The number of benzene rings is 2. The van der Waals surface area contributed by atoms with Crippen molar-refractivity contribution in [1.82, 2.24) is 20.6 Å². The van der Waals surface area contributed by atoms with Crippen LogP contribution in [-0.4, -0.2) is 32.6 Å². The van der Waals surface area contributed by atoms with E-state index in [0.717, 1.165) is 25.7 Å². The predicted molar refractivity (Wildman–Crippen MR) is 129 cm³/mol. The number of hydrazone groups is 1. The molecule has 31 heavy (non-hydrogen) atoms. The van der Waals surface area contributed by atoms with E-state index in [1.54, 1.807) is 24.2 Å². The molecule has 9 heteroatoms. The number of thioether (sulfide) groups is 2. The molecule has 0 saturated heterocycles. The summed E-state index contributed by atoms with van der Waals surface area (Å²) in [6.07, 6.45) is 3.38. The van der Waals surface area contributed by atoms with Crippen LogP contribution in [0, 0.1) is 0 Å². The largest absolute Gasteiger partial charge is 0.272 e. The van der Waals surface area contributed by atoms with Gasteiger partial charge in [-0.15, -0.1) is 10.2 Å². The minimum absolute atomic E-state index is 0.182.